The van der Waals surface area contributed by atoms with E-state index in [1.807, 2.05) is 0 Å². The maximum Gasteiger partial charge on any atom is 0.302 e. The molecule has 1 N–H and O–H groups in total. The normalized spacial score (nSPS) is 11.5. The van der Waals surface area contributed by atoms with E-state index in [1.54, 1.807) is 19.1 Å². The van der Waals surface area contributed by atoms with Crippen LogP contribution in [0.2, 0.25) is 0 Å². The first kappa shape index (κ1) is 20.4. The SMILES string of the molecule is Cc1oc(NC(=O)c2ccnn2-c2ccc(S(C)(=O)=O)cc2)nc1-c1ccc(F)cn1. The summed E-state index contributed by atoms with van der Waals surface area (Å²) >= 11 is 0. The molecule has 158 valence electrons. The summed E-state index contributed by atoms with van der Waals surface area (Å²) in [4.78, 5) is 21.1. The standard InChI is InChI=1S/C20H16FN5O4S/c1-12-18(16-8-3-13(21)11-22-16)24-20(30-12)25-19(27)17-9-10-23-26(17)14-4-6-15(7-5-14)31(2,28)29/h3-11H,1-2H3,(H,24,25,27). The van der Waals surface area contributed by atoms with Gasteiger partial charge in [-0.15, -0.1) is 0 Å². The van der Waals surface area contributed by atoms with Crippen LogP contribution in [0.5, 0.6) is 0 Å². The summed E-state index contributed by atoms with van der Waals surface area (Å²) in [7, 11) is -3.34. The van der Waals surface area contributed by atoms with Crippen molar-refractivity contribution in [3.05, 3.63) is 72.1 Å². The van der Waals surface area contributed by atoms with Crippen LogP contribution < -0.4 is 5.32 Å². The highest BCUT2D eigenvalue weighted by Crippen LogP contribution is 2.24. The predicted octanol–water partition coefficient (Wildman–Crippen LogP) is 3.03. The van der Waals surface area contributed by atoms with Crippen molar-refractivity contribution in [3.8, 4) is 17.1 Å². The first-order valence-corrected chi connectivity index (χ1v) is 10.9. The minimum Gasteiger partial charge on any atom is -0.428 e. The van der Waals surface area contributed by atoms with Crippen LogP contribution in [0, 0.1) is 12.7 Å². The average molecular weight is 441 g/mol. The molecule has 11 heteroatoms. The lowest BCUT2D eigenvalue weighted by molar-refractivity contribution is 0.101. The number of halogens is 1. The van der Waals surface area contributed by atoms with E-state index in [0.717, 1.165) is 12.5 Å². The maximum absolute atomic E-state index is 13.1. The first-order valence-electron chi connectivity index (χ1n) is 8.97. The number of carbonyl (C=O) groups excluding carboxylic acids is 1. The van der Waals surface area contributed by atoms with Crippen molar-refractivity contribution in [2.75, 3.05) is 11.6 Å². The Kier molecular flexibility index (Phi) is 5.11. The number of carbonyl (C=O) groups is 1. The second-order valence-corrected chi connectivity index (χ2v) is 8.65. The number of anilines is 1. The molecule has 3 aromatic heterocycles. The van der Waals surface area contributed by atoms with E-state index in [-0.39, 0.29) is 16.6 Å². The number of aromatic nitrogens is 4. The number of sulfone groups is 1. The Morgan fingerprint density at radius 2 is 1.87 bits per heavy atom. The van der Waals surface area contributed by atoms with Gasteiger partial charge in [-0.2, -0.15) is 10.1 Å². The van der Waals surface area contributed by atoms with Gasteiger partial charge in [0, 0.05) is 6.26 Å². The molecule has 0 atom stereocenters. The zero-order valence-corrected chi connectivity index (χ0v) is 17.2. The lowest BCUT2D eigenvalue weighted by atomic mass is 10.2. The lowest BCUT2D eigenvalue weighted by Crippen LogP contribution is -2.17. The number of nitrogens with one attached hydrogen (secondary N) is 1. The monoisotopic (exact) mass is 441 g/mol. The van der Waals surface area contributed by atoms with Gasteiger partial charge < -0.3 is 4.42 Å². The molecule has 0 saturated carbocycles. The van der Waals surface area contributed by atoms with Gasteiger partial charge in [-0.05, 0) is 49.4 Å². The minimum atomic E-state index is -3.34. The Morgan fingerprint density at radius 1 is 1.13 bits per heavy atom. The molecule has 0 unspecified atom stereocenters. The van der Waals surface area contributed by atoms with Gasteiger partial charge in [0.25, 0.3) is 5.91 Å². The fourth-order valence-corrected chi connectivity index (χ4v) is 3.51. The van der Waals surface area contributed by atoms with E-state index in [4.69, 9.17) is 4.42 Å². The van der Waals surface area contributed by atoms with Gasteiger partial charge in [0.2, 0.25) is 0 Å². The van der Waals surface area contributed by atoms with Crippen LogP contribution in [0.25, 0.3) is 17.1 Å². The topological polar surface area (TPSA) is 120 Å². The highest BCUT2D eigenvalue weighted by atomic mass is 32.2. The number of hydrogen-bond donors (Lipinski definition) is 1. The number of benzene rings is 1. The highest BCUT2D eigenvalue weighted by Gasteiger charge is 2.19. The van der Waals surface area contributed by atoms with Crippen molar-refractivity contribution < 1.29 is 22.0 Å². The molecule has 0 radical (unpaired) electrons. The molecule has 9 nitrogen and oxygen atoms in total. The molecule has 0 saturated heterocycles. The Balaban J connectivity index is 1.58. The number of pyridine rings is 1. The van der Waals surface area contributed by atoms with E-state index < -0.39 is 21.6 Å². The van der Waals surface area contributed by atoms with Gasteiger partial charge in [0.05, 0.1) is 28.7 Å². The third-order valence-electron chi connectivity index (χ3n) is 4.37. The number of aryl methyl sites for hydroxylation is 1. The summed E-state index contributed by atoms with van der Waals surface area (Å²) in [5.74, 6) is -0.611. The van der Waals surface area contributed by atoms with Crippen molar-refractivity contribution in [3.63, 3.8) is 0 Å². The summed E-state index contributed by atoms with van der Waals surface area (Å²) in [5.41, 5.74) is 1.46. The molecular formula is C20H16FN5O4S. The summed E-state index contributed by atoms with van der Waals surface area (Å²) in [6, 6.07) is 10.1. The fourth-order valence-electron chi connectivity index (χ4n) is 2.88. The van der Waals surface area contributed by atoms with E-state index >= 15 is 0 Å². The van der Waals surface area contributed by atoms with Crippen LogP contribution >= 0.6 is 0 Å². The van der Waals surface area contributed by atoms with Crippen LogP contribution in [0.3, 0.4) is 0 Å². The van der Waals surface area contributed by atoms with E-state index in [9.17, 15) is 17.6 Å². The molecule has 1 aromatic carbocycles. The maximum atomic E-state index is 13.1. The van der Waals surface area contributed by atoms with Crippen LogP contribution in [-0.2, 0) is 9.84 Å². The van der Waals surface area contributed by atoms with Crippen molar-refractivity contribution in [1.29, 1.82) is 0 Å². The molecule has 0 aliphatic carbocycles. The number of hydrogen-bond acceptors (Lipinski definition) is 7. The molecule has 0 bridgehead atoms. The quantitative estimate of drug-likeness (QED) is 0.505. The molecule has 0 aliphatic rings. The molecule has 0 aliphatic heterocycles. The Morgan fingerprint density at radius 3 is 2.52 bits per heavy atom. The summed E-state index contributed by atoms with van der Waals surface area (Å²) < 4.78 is 43.2. The van der Waals surface area contributed by atoms with Gasteiger partial charge in [0.1, 0.15) is 23.0 Å². The fraction of sp³-hybridized carbons (Fsp3) is 0.100. The molecule has 3 heterocycles. The Bertz CT molecular complexity index is 1360. The lowest BCUT2D eigenvalue weighted by Gasteiger charge is -2.07. The number of amides is 1. The minimum absolute atomic E-state index is 0.0520. The van der Waals surface area contributed by atoms with Gasteiger partial charge in [0.15, 0.2) is 9.84 Å². The molecule has 31 heavy (non-hydrogen) atoms. The number of oxazole rings is 1. The highest BCUT2D eigenvalue weighted by molar-refractivity contribution is 7.90. The first-order chi connectivity index (χ1) is 14.7. The van der Waals surface area contributed by atoms with Crippen molar-refractivity contribution in [2.45, 2.75) is 11.8 Å². The number of rotatable bonds is 5. The van der Waals surface area contributed by atoms with E-state index in [2.05, 4.69) is 20.4 Å². The van der Waals surface area contributed by atoms with Crippen molar-refractivity contribution in [2.24, 2.45) is 0 Å². The van der Waals surface area contributed by atoms with Crippen molar-refractivity contribution >= 4 is 21.8 Å². The van der Waals surface area contributed by atoms with Crippen LogP contribution in [0.4, 0.5) is 10.4 Å². The molecule has 0 spiro atoms. The van der Waals surface area contributed by atoms with Gasteiger partial charge >= 0.3 is 6.01 Å². The second kappa shape index (κ2) is 7.76. The van der Waals surface area contributed by atoms with Crippen LogP contribution in [0.1, 0.15) is 16.2 Å². The zero-order valence-electron chi connectivity index (χ0n) is 16.4. The van der Waals surface area contributed by atoms with Gasteiger partial charge in [-0.3, -0.25) is 15.1 Å². The third-order valence-corrected chi connectivity index (χ3v) is 5.50. The molecular weight excluding hydrogens is 425 g/mol. The average Bonchev–Trinajstić information content (AvgIpc) is 3.35. The third kappa shape index (κ3) is 4.21. The van der Waals surface area contributed by atoms with Gasteiger partial charge in [-0.1, -0.05) is 0 Å². The molecule has 4 rings (SSSR count). The second-order valence-electron chi connectivity index (χ2n) is 6.63. The van der Waals surface area contributed by atoms with Crippen LogP contribution in [-0.4, -0.2) is 40.3 Å². The van der Waals surface area contributed by atoms with Crippen LogP contribution in [0.15, 0.2) is 64.2 Å². The Hall–Kier alpha value is -3.86. The molecule has 0 fully saturated rings. The Labute approximate surface area is 176 Å². The summed E-state index contributed by atoms with van der Waals surface area (Å²) in [6.07, 6.45) is 3.62. The van der Waals surface area contributed by atoms with Gasteiger partial charge in [-0.25, -0.2) is 17.5 Å². The zero-order chi connectivity index (χ0) is 22.2. The van der Waals surface area contributed by atoms with Crippen molar-refractivity contribution in [1.82, 2.24) is 19.7 Å². The molecule has 4 aromatic rings. The smallest absolute Gasteiger partial charge is 0.302 e. The summed E-state index contributed by atoms with van der Waals surface area (Å²) in [5, 5.41) is 6.69. The molecule has 1 amide bonds. The summed E-state index contributed by atoms with van der Waals surface area (Å²) in [6.45, 7) is 1.65. The number of nitrogens with zero attached hydrogens (tertiary/aromatic N) is 4. The van der Waals surface area contributed by atoms with E-state index in [1.165, 1.54) is 41.2 Å². The predicted molar refractivity (Wildman–Crippen MR) is 109 cm³/mol. The van der Waals surface area contributed by atoms with E-state index in [0.29, 0.717) is 22.8 Å². The largest absolute Gasteiger partial charge is 0.428 e.